The van der Waals surface area contributed by atoms with E-state index in [4.69, 9.17) is 9.47 Å². The fourth-order valence-electron chi connectivity index (χ4n) is 3.15. The summed E-state index contributed by atoms with van der Waals surface area (Å²) in [5, 5.41) is 11.4. The van der Waals surface area contributed by atoms with Crippen molar-refractivity contribution in [1.82, 2.24) is 0 Å². The van der Waals surface area contributed by atoms with Gasteiger partial charge in [0.05, 0.1) is 28.8 Å². The van der Waals surface area contributed by atoms with Gasteiger partial charge in [0.15, 0.2) is 15.6 Å². The van der Waals surface area contributed by atoms with Gasteiger partial charge in [0.1, 0.15) is 5.69 Å². The molecule has 1 spiro atoms. The number of nitrogens with zero attached hydrogens (tertiary/aromatic N) is 2. The number of nitro groups is 1. The van der Waals surface area contributed by atoms with Gasteiger partial charge in [-0.05, 0) is 12.1 Å². The summed E-state index contributed by atoms with van der Waals surface area (Å²) in [6.07, 6.45) is 1.25. The van der Waals surface area contributed by atoms with Crippen LogP contribution in [0.5, 0.6) is 0 Å². The minimum atomic E-state index is -3.48. The second kappa shape index (κ2) is 6.30. The second-order valence-electron chi connectivity index (χ2n) is 5.91. The predicted octanol–water partition coefficient (Wildman–Crippen LogP) is 1.73. The smallest absolute Gasteiger partial charge is 0.293 e. The molecule has 2 fully saturated rings. The number of sulfone groups is 1. The van der Waals surface area contributed by atoms with Gasteiger partial charge in [-0.1, -0.05) is 6.92 Å². The van der Waals surface area contributed by atoms with E-state index in [1.54, 1.807) is 0 Å². The third kappa shape index (κ3) is 3.11. The van der Waals surface area contributed by atoms with Gasteiger partial charge in [0.25, 0.3) is 5.69 Å². The fraction of sp³-hybridized carbons (Fsp3) is 0.600. The minimum Gasteiger partial charge on any atom is -0.366 e. The molecule has 9 heteroatoms. The van der Waals surface area contributed by atoms with E-state index in [0.717, 1.165) is 6.07 Å². The van der Waals surface area contributed by atoms with Crippen LogP contribution >= 0.6 is 0 Å². The van der Waals surface area contributed by atoms with Crippen molar-refractivity contribution < 1.29 is 22.8 Å². The first-order chi connectivity index (χ1) is 11.4. The van der Waals surface area contributed by atoms with Crippen LogP contribution < -0.4 is 4.90 Å². The van der Waals surface area contributed by atoms with E-state index in [1.165, 1.54) is 19.1 Å². The van der Waals surface area contributed by atoms with Crippen molar-refractivity contribution in [3.8, 4) is 0 Å². The highest BCUT2D eigenvalue weighted by atomic mass is 32.2. The largest absolute Gasteiger partial charge is 0.366 e. The molecule has 0 bridgehead atoms. The lowest BCUT2D eigenvalue weighted by Gasteiger charge is -2.38. The van der Waals surface area contributed by atoms with Crippen LogP contribution in [-0.4, -0.2) is 51.2 Å². The summed E-state index contributed by atoms with van der Waals surface area (Å²) < 4.78 is 35.2. The van der Waals surface area contributed by atoms with Gasteiger partial charge in [0.2, 0.25) is 0 Å². The molecule has 0 aliphatic carbocycles. The Bertz CT molecular complexity index is 732. The van der Waals surface area contributed by atoms with Crippen LogP contribution in [0.3, 0.4) is 0 Å². The van der Waals surface area contributed by atoms with Gasteiger partial charge in [-0.2, -0.15) is 0 Å². The Morgan fingerprint density at radius 2 is 1.88 bits per heavy atom. The summed E-state index contributed by atoms with van der Waals surface area (Å²) in [6.45, 7) is 3.77. The molecule has 0 aromatic heterocycles. The molecule has 8 nitrogen and oxygen atoms in total. The molecule has 1 aromatic rings. The molecule has 1 aromatic carbocycles. The number of piperidine rings is 1. The second-order valence-corrected chi connectivity index (χ2v) is 8.18. The average molecular weight is 356 g/mol. The van der Waals surface area contributed by atoms with E-state index in [1.807, 2.05) is 4.90 Å². The molecule has 0 atom stereocenters. The van der Waals surface area contributed by atoms with E-state index in [-0.39, 0.29) is 16.3 Å². The lowest BCUT2D eigenvalue weighted by atomic mass is 10.0. The molecule has 24 heavy (non-hydrogen) atoms. The number of hydrogen-bond donors (Lipinski definition) is 0. The first-order valence-electron chi connectivity index (χ1n) is 7.91. The lowest BCUT2D eigenvalue weighted by molar-refractivity contribution is -0.384. The molecule has 0 unspecified atom stereocenters. The fourth-order valence-corrected chi connectivity index (χ4v) is 4.05. The highest BCUT2D eigenvalue weighted by molar-refractivity contribution is 7.91. The van der Waals surface area contributed by atoms with Gasteiger partial charge < -0.3 is 14.4 Å². The molecular weight excluding hydrogens is 336 g/mol. The zero-order valence-corrected chi connectivity index (χ0v) is 14.3. The topological polar surface area (TPSA) is 99.0 Å². The number of rotatable bonds is 4. The number of ether oxygens (including phenoxy) is 2. The molecule has 0 N–H and O–H groups in total. The molecule has 0 saturated carbocycles. The molecular formula is C15H20N2O6S. The van der Waals surface area contributed by atoms with Gasteiger partial charge in [-0.25, -0.2) is 8.42 Å². The van der Waals surface area contributed by atoms with Gasteiger partial charge in [-0.15, -0.1) is 0 Å². The van der Waals surface area contributed by atoms with Crippen LogP contribution in [0.15, 0.2) is 23.1 Å². The summed E-state index contributed by atoms with van der Waals surface area (Å²) in [6, 6.07) is 4.12. The Morgan fingerprint density at radius 1 is 1.25 bits per heavy atom. The van der Waals surface area contributed by atoms with Crippen molar-refractivity contribution in [3.05, 3.63) is 28.3 Å². The van der Waals surface area contributed by atoms with Gasteiger partial charge >= 0.3 is 0 Å². The maximum atomic E-state index is 12.0. The Labute approximate surface area is 140 Å². The normalized spacial score (nSPS) is 20.5. The molecule has 0 amide bonds. The summed E-state index contributed by atoms with van der Waals surface area (Å²) in [5.41, 5.74) is 0.247. The SMILES string of the molecule is CCS(=O)(=O)c1ccc(N2CCC3(CC2)OCCO3)c([N+](=O)[O-])c1. The van der Waals surface area contributed by atoms with Crippen LogP contribution in [0.1, 0.15) is 19.8 Å². The van der Waals surface area contributed by atoms with Crippen LogP contribution in [0.25, 0.3) is 0 Å². The lowest BCUT2D eigenvalue weighted by Crippen LogP contribution is -2.45. The number of hydrogen-bond acceptors (Lipinski definition) is 7. The van der Waals surface area contributed by atoms with Crippen molar-refractivity contribution in [2.24, 2.45) is 0 Å². The van der Waals surface area contributed by atoms with Crippen molar-refractivity contribution in [2.45, 2.75) is 30.4 Å². The van der Waals surface area contributed by atoms with Crippen LogP contribution in [0, 0.1) is 10.1 Å². The molecule has 2 heterocycles. The standard InChI is InChI=1S/C15H20N2O6S/c1-2-24(20,21)12-3-4-13(14(11-12)17(18)19)16-7-5-15(6-8-16)22-9-10-23-15/h3-4,11H,2,5-10H2,1H3. The van der Waals surface area contributed by atoms with E-state index < -0.39 is 20.5 Å². The van der Waals surface area contributed by atoms with Crippen molar-refractivity contribution in [1.29, 1.82) is 0 Å². The Hall–Kier alpha value is -1.71. The third-order valence-electron chi connectivity index (χ3n) is 4.56. The van der Waals surface area contributed by atoms with Crippen molar-refractivity contribution in [2.75, 3.05) is 37.0 Å². The van der Waals surface area contributed by atoms with E-state index >= 15 is 0 Å². The Kier molecular flexibility index (Phi) is 4.50. The third-order valence-corrected chi connectivity index (χ3v) is 6.29. The Morgan fingerprint density at radius 3 is 2.42 bits per heavy atom. The summed E-state index contributed by atoms with van der Waals surface area (Å²) >= 11 is 0. The van der Waals surface area contributed by atoms with E-state index in [9.17, 15) is 18.5 Å². The van der Waals surface area contributed by atoms with Crippen LogP contribution in [0.4, 0.5) is 11.4 Å². The maximum Gasteiger partial charge on any atom is 0.293 e. The van der Waals surface area contributed by atoms with Crippen molar-refractivity contribution >= 4 is 21.2 Å². The molecule has 3 rings (SSSR count). The zero-order valence-electron chi connectivity index (χ0n) is 13.4. The predicted molar refractivity (Wildman–Crippen MR) is 86.9 cm³/mol. The van der Waals surface area contributed by atoms with Crippen LogP contribution in [0.2, 0.25) is 0 Å². The van der Waals surface area contributed by atoms with Crippen molar-refractivity contribution in [3.63, 3.8) is 0 Å². The molecule has 2 aliphatic heterocycles. The summed E-state index contributed by atoms with van der Waals surface area (Å²) in [4.78, 5) is 12.8. The molecule has 132 valence electrons. The monoisotopic (exact) mass is 356 g/mol. The molecule has 2 aliphatic rings. The molecule has 2 saturated heterocycles. The summed E-state index contributed by atoms with van der Waals surface area (Å²) in [5.74, 6) is -0.652. The van der Waals surface area contributed by atoms with Crippen LogP contribution in [-0.2, 0) is 19.3 Å². The maximum absolute atomic E-state index is 12.0. The van der Waals surface area contributed by atoms with E-state index in [2.05, 4.69) is 0 Å². The van der Waals surface area contributed by atoms with Gasteiger partial charge in [0, 0.05) is 32.0 Å². The van der Waals surface area contributed by atoms with E-state index in [0.29, 0.717) is 44.8 Å². The highest BCUT2D eigenvalue weighted by Crippen LogP contribution is 2.37. The Balaban J connectivity index is 1.87. The summed E-state index contributed by atoms with van der Waals surface area (Å²) in [7, 11) is -3.48. The zero-order chi connectivity index (χ0) is 17.4. The highest BCUT2D eigenvalue weighted by Gasteiger charge is 2.40. The number of anilines is 1. The first kappa shape index (κ1) is 17.1. The average Bonchev–Trinajstić information content (AvgIpc) is 3.03. The number of benzene rings is 1. The first-order valence-corrected chi connectivity index (χ1v) is 9.56. The quantitative estimate of drug-likeness (QED) is 0.598. The minimum absolute atomic E-state index is 0.0172. The van der Waals surface area contributed by atoms with Gasteiger partial charge in [-0.3, -0.25) is 10.1 Å². The number of nitro benzene ring substituents is 1. The molecule has 0 radical (unpaired) electrons.